The van der Waals surface area contributed by atoms with Gasteiger partial charge in [-0.15, -0.1) is 0 Å². The van der Waals surface area contributed by atoms with Gasteiger partial charge in [0.25, 0.3) is 0 Å². The minimum absolute atomic E-state index is 0.0387. The molecule has 214 valence electrons. The largest absolute Gasteiger partial charge is 0.437 e. The molecule has 11 heteroatoms. The fourth-order valence-corrected chi connectivity index (χ4v) is 4.74. The number of hydrogen-bond acceptors (Lipinski definition) is 7. The molecule has 0 unspecified atom stereocenters. The molecule has 41 heavy (non-hydrogen) atoms. The van der Waals surface area contributed by atoms with E-state index in [-0.39, 0.29) is 24.3 Å². The van der Waals surface area contributed by atoms with Crippen LogP contribution in [0, 0.1) is 0 Å². The molecular formula is C30H35N5O5Si. The van der Waals surface area contributed by atoms with Gasteiger partial charge in [0.15, 0.2) is 5.65 Å². The molecule has 2 aromatic carbocycles. The van der Waals surface area contributed by atoms with Gasteiger partial charge in [0.05, 0.1) is 6.20 Å². The Hall–Kier alpha value is -4.32. The van der Waals surface area contributed by atoms with Gasteiger partial charge in [0.1, 0.15) is 24.6 Å². The van der Waals surface area contributed by atoms with Crippen LogP contribution in [0.4, 0.5) is 11.4 Å². The van der Waals surface area contributed by atoms with E-state index < -0.39 is 8.07 Å². The lowest BCUT2D eigenvalue weighted by Gasteiger charge is -2.15. The lowest BCUT2D eigenvalue weighted by molar-refractivity contribution is -0.119. The number of methoxy groups -OCH3 is 1. The third-order valence-corrected chi connectivity index (χ3v) is 7.72. The molecule has 2 aromatic heterocycles. The number of anilines is 2. The van der Waals surface area contributed by atoms with Crippen molar-refractivity contribution in [3.63, 3.8) is 0 Å². The van der Waals surface area contributed by atoms with Crippen molar-refractivity contribution in [1.82, 2.24) is 14.5 Å². The maximum absolute atomic E-state index is 12.1. The highest BCUT2D eigenvalue weighted by molar-refractivity contribution is 6.76. The molecule has 0 fully saturated rings. The van der Waals surface area contributed by atoms with Crippen LogP contribution >= 0.6 is 0 Å². The number of carbonyl (C=O) groups is 2. The SMILES string of the molecule is C=CC(=O)Nc1cccc(Oc2cnc3c(n2)c(-c2cccc(NC(=O)COC)c2)cn3COCC[Si](C)(C)C)c1. The molecule has 2 N–H and O–H groups in total. The van der Waals surface area contributed by atoms with Crippen molar-refractivity contribution in [3.8, 4) is 22.8 Å². The van der Waals surface area contributed by atoms with E-state index in [0.717, 1.165) is 17.2 Å². The van der Waals surface area contributed by atoms with E-state index in [4.69, 9.17) is 19.2 Å². The summed E-state index contributed by atoms with van der Waals surface area (Å²) in [5.74, 6) is 0.207. The summed E-state index contributed by atoms with van der Waals surface area (Å²) in [7, 11) is 0.242. The van der Waals surface area contributed by atoms with Crippen molar-refractivity contribution in [3.05, 3.63) is 73.6 Å². The van der Waals surface area contributed by atoms with Gasteiger partial charge < -0.3 is 29.4 Å². The monoisotopic (exact) mass is 573 g/mol. The number of ether oxygens (including phenoxy) is 3. The quantitative estimate of drug-likeness (QED) is 0.116. The van der Waals surface area contributed by atoms with E-state index >= 15 is 0 Å². The number of benzene rings is 2. The lowest BCUT2D eigenvalue weighted by atomic mass is 10.1. The second kappa shape index (κ2) is 13.4. The molecule has 0 saturated heterocycles. The second-order valence-corrected chi connectivity index (χ2v) is 16.2. The predicted octanol–water partition coefficient (Wildman–Crippen LogP) is 5.91. The molecule has 0 spiro atoms. The van der Waals surface area contributed by atoms with Crippen LogP contribution < -0.4 is 15.4 Å². The number of amides is 2. The molecule has 2 amide bonds. The van der Waals surface area contributed by atoms with Crippen LogP contribution in [-0.2, 0) is 25.8 Å². The second-order valence-electron chi connectivity index (χ2n) is 10.6. The zero-order valence-corrected chi connectivity index (χ0v) is 24.8. The van der Waals surface area contributed by atoms with E-state index in [0.29, 0.717) is 41.6 Å². The van der Waals surface area contributed by atoms with Crippen LogP contribution in [0.3, 0.4) is 0 Å². The summed E-state index contributed by atoms with van der Waals surface area (Å²) in [6, 6.07) is 15.5. The fourth-order valence-electron chi connectivity index (χ4n) is 3.98. The highest BCUT2D eigenvalue weighted by Crippen LogP contribution is 2.32. The summed E-state index contributed by atoms with van der Waals surface area (Å²) >= 11 is 0. The van der Waals surface area contributed by atoms with Crippen LogP contribution in [0.1, 0.15) is 0 Å². The van der Waals surface area contributed by atoms with Gasteiger partial charge in [-0.1, -0.05) is 44.4 Å². The zero-order valence-electron chi connectivity index (χ0n) is 23.8. The highest BCUT2D eigenvalue weighted by Gasteiger charge is 2.17. The zero-order chi connectivity index (χ0) is 29.4. The maximum atomic E-state index is 12.1. The van der Waals surface area contributed by atoms with Crippen molar-refractivity contribution >= 4 is 42.4 Å². The first-order valence-corrected chi connectivity index (χ1v) is 16.9. The molecule has 0 aliphatic rings. The Balaban J connectivity index is 1.67. The van der Waals surface area contributed by atoms with Gasteiger partial charge in [-0.3, -0.25) is 9.59 Å². The molecule has 4 aromatic rings. The number of nitrogens with one attached hydrogen (secondary N) is 2. The maximum Gasteiger partial charge on any atom is 0.250 e. The lowest BCUT2D eigenvalue weighted by Crippen LogP contribution is -2.22. The van der Waals surface area contributed by atoms with Crippen LogP contribution in [0.25, 0.3) is 22.3 Å². The average Bonchev–Trinajstić information content (AvgIpc) is 3.29. The van der Waals surface area contributed by atoms with Gasteiger partial charge in [0, 0.05) is 51.0 Å². The van der Waals surface area contributed by atoms with Gasteiger partial charge in [-0.2, -0.15) is 0 Å². The molecule has 0 atom stereocenters. The van der Waals surface area contributed by atoms with Crippen molar-refractivity contribution in [2.45, 2.75) is 32.4 Å². The Morgan fingerprint density at radius 1 is 1.07 bits per heavy atom. The molecule has 2 heterocycles. The van der Waals surface area contributed by atoms with Crippen molar-refractivity contribution in [1.29, 1.82) is 0 Å². The molecule has 0 radical (unpaired) electrons. The minimum Gasteiger partial charge on any atom is -0.437 e. The van der Waals surface area contributed by atoms with E-state index in [9.17, 15) is 9.59 Å². The Kier molecular flexibility index (Phi) is 9.66. The van der Waals surface area contributed by atoms with Crippen LogP contribution in [0.5, 0.6) is 11.6 Å². The first kappa shape index (κ1) is 29.7. The van der Waals surface area contributed by atoms with Crippen molar-refractivity contribution in [2.24, 2.45) is 0 Å². The van der Waals surface area contributed by atoms with Gasteiger partial charge >= 0.3 is 0 Å². The van der Waals surface area contributed by atoms with E-state index in [2.05, 4.69) is 41.8 Å². The average molecular weight is 574 g/mol. The van der Waals surface area contributed by atoms with E-state index in [1.807, 2.05) is 35.0 Å². The summed E-state index contributed by atoms with van der Waals surface area (Å²) in [6.45, 7) is 11.4. The molecular weight excluding hydrogens is 538 g/mol. The normalized spacial score (nSPS) is 11.3. The third kappa shape index (κ3) is 8.33. The van der Waals surface area contributed by atoms with Gasteiger partial charge in [-0.05, 0) is 41.9 Å². The summed E-state index contributed by atoms with van der Waals surface area (Å²) in [4.78, 5) is 33.3. The minimum atomic E-state index is -1.23. The Labute approximate surface area is 240 Å². The smallest absolute Gasteiger partial charge is 0.250 e. The number of carbonyl (C=O) groups excluding carboxylic acids is 2. The highest BCUT2D eigenvalue weighted by atomic mass is 28.3. The summed E-state index contributed by atoms with van der Waals surface area (Å²) in [6.07, 6.45) is 4.71. The number of hydrogen-bond donors (Lipinski definition) is 2. The molecule has 10 nitrogen and oxygen atoms in total. The Morgan fingerprint density at radius 2 is 1.83 bits per heavy atom. The molecule has 0 saturated carbocycles. The summed E-state index contributed by atoms with van der Waals surface area (Å²) < 4.78 is 18.9. The molecule has 0 aliphatic heterocycles. The topological polar surface area (TPSA) is 117 Å². The van der Waals surface area contributed by atoms with Gasteiger partial charge in [-0.25, -0.2) is 9.97 Å². The molecule has 0 aliphatic carbocycles. The predicted molar refractivity (Wildman–Crippen MR) is 163 cm³/mol. The Bertz CT molecular complexity index is 1550. The molecule has 4 rings (SSSR count). The van der Waals surface area contributed by atoms with E-state index in [1.165, 1.54) is 13.2 Å². The number of nitrogens with zero attached hydrogens (tertiary/aromatic N) is 3. The summed E-state index contributed by atoms with van der Waals surface area (Å²) in [5, 5.41) is 5.56. The van der Waals surface area contributed by atoms with Gasteiger partial charge in [0.2, 0.25) is 17.7 Å². The first-order chi connectivity index (χ1) is 19.6. The van der Waals surface area contributed by atoms with Crippen LogP contribution in [-0.4, -0.2) is 54.7 Å². The van der Waals surface area contributed by atoms with Crippen molar-refractivity contribution in [2.75, 3.05) is 31.0 Å². The van der Waals surface area contributed by atoms with Crippen molar-refractivity contribution < 1.29 is 23.8 Å². The number of aromatic nitrogens is 3. The standard InChI is InChI=1S/C30H35N5O5Si/c1-6-26(36)32-23-11-8-12-24(16-23)40-28-17-31-30-29(34-28)25(18-35(30)20-39-13-14-41(3,4)5)21-9-7-10-22(15-21)33-27(37)19-38-2/h6-12,15-18H,1,13-14,19-20H2,2-5H3,(H,32,36)(H,33,37). The number of rotatable bonds is 13. The summed E-state index contributed by atoms with van der Waals surface area (Å²) in [5.41, 5.74) is 4.11. The fraction of sp³-hybridized carbons (Fsp3) is 0.267. The van der Waals surface area contributed by atoms with Crippen LogP contribution in [0.15, 0.2) is 73.6 Å². The van der Waals surface area contributed by atoms with E-state index in [1.54, 1.807) is 30.5 Å². The number of fused-ring (bicyclic) bond motifs is 1. The van der Waals surface area contributed by atoms with Crippen LogP contribution in [0.2, 0.25) is 25.7 Å². The third-order valence-electron chi connectivity index (χ3n) is 6.01. The molecule has 0 bridgehead atoms. The Morgan fingerprint density at radius 3 is 2.56 bits per heavy atom. The first-order valence-electron chi connectivity index (χ1n) is 13.2.